The SMILES string of the molecule is Cc1cc(C#CC2CCOCC2)cc(C(=O)NC(c2ncn3c2C[C@@H](F)C3)c2[nH]c3ccccc3c2F)n1. The van der Waals surface area contributed by atoms with Crippen LogP contribution in [0.25, 0.3) is 10.9 Å². The Bertz CT molecular complexity index is 1570. The molecule has 0 bridgehead atoms. The normalized spacial score (nSPS) is 18.1. The van der Waals surface area contributed by atoms with Crippen LogP contribution < -0.4 is 5.32 Å². The molecule has 194 valence electrons. The molecule has 1 unspecified atom stereocenters. The number of ether oxygens (including phenoxy) is 1. The molecule has 6 rings (SSSR count). The number of halogens is 2. The van der Waals surface area contributed by atoms with Gasteiger partial charge in [0.1, 0.15) is 17.9 Å². The van der Waals surface area contributed by atoms with Gasteiger partial charge in [0.25, 0.3) is 5.91 Å². The van der Waals surface area contributed by atoms with Crippen LogP contribution in [0, 0.1) is 30.5 Å². The fraction of sp³-hybridized carbons (Fsp3) is 0.345. The Hall–Kier alpha value is -4.03. The minimum atomic E-state index is -1.05. The maximum Gasteiger partial charge on any atom is 0.270 e. The average molecular weight is 516 g/mol. The first-order valence-electron chi connectivity index (χ1n) is 12.8. The lowest BCUT2D eigenvalue weighted by atomic mass is 10.0. The highest BCUT2D eigenvalue weighted by molar-refractivity contribution is 5.93. The van der Waals surface area contributed by atoms with Gasteiger partial charge >= 0.3 is 0 Å². The molecular weight excluding hydrogens is 488 g/mol. The Kier molecular flexibility index (Phi) is 6.42. The van der Waals surface area contributed by atoms with Crippen molar-refractivity contribution in [2.45, 2.75) is 44.9 Å². The number of fused-ring (bicyclic) bond motifs is 2. The van der Waals surface area contributed by atoms with Gasteiger partial charge in [-0.15, -0.1) is 0 Å². The van der Waals surface area contributed by atoms with Gasteiger partial charge in [0.15, 0.2) is 5.82 Å². The van der Waals surface area contributed by atoms with Crippen molar-refractivity contribution in [2.24, 2.45) is 5.92 Å². The zero-order valence-electron chi connectivity index (χ0n) is 20.9. The van der Waals surface area contributed by atoms with E-state index < -0.39 is 23.9 Å². The summed E-state index contributed by atoms with van der Waals surface area (Å²) in [6, 6.07) is 9.50. The van der Waals surface area contributed by atoms with Gasteiger partial charge in [-0.3, -0.25) is 4.79 Å². The monoisotopic (exact) mass is 515 g/mol. The van der Waals surface area contributed by atoms with Crippen LogP contribution in [0.3, 0.4) is 0 Å². The Morgan fingerprint density at radius 2 is 2.08 bits per heavy atom. The fourth-order valence-corrected chi connectivity index (χ4v) is 5.23. The predicted octanol–water partition coefficient (Wildman–Crippen LogP) is 4.40. The second-order valence-electron chi connectivity index (χ2n) is 9.87. The van der Waals surface area contributed by atoms with Crippen LogP contribution in [0.4, 0.5) is 8.78 Å². The molecule has 2 aliphatic rings. The smallest absolute Gasteiger partial charge is 0.270 e. The molecule has 1 saturated heterocycles. The molecular formula is C29H27F2N5O2. The quantitative estimate of drug-likeness (QED) is 0.395. The van der Waals surface area contributed by atoms with Crippen LogP contribution in [0.1, 0.15) is 57.7 Å². The molecule has 2 aliphatic heterocycles. The number of nitrogens with one attached hydrogen (secondary N) is 2. The Balaban J connectivity index is 1.35. The van der Waals surface area contributed by atoms with Gasteiger partial charge in [-0.25, -0.2) is 18.7 Å². The third kappa shape index (κ3) is 4.68. The fourth-order valence-electron chi connectivity index (χ4n) is 5.23. The molecule has 0 radical (unpaired) electrons. The van der Waals surface area contributed by atoms with Crippen molar-refractivity contribution in [1.82, 2.24) is 24.8 Å². The van der Waals surface area contributed by atoms with Crippen molar-refractivity contribution in [1.29, 1.82) is 0 Å². The number of aryl methyl sites for hydroxylation is 1. The largest absolute Gasteiger partial charge is 0.381 e. The summed E-state index contributed by atoms with van der Waals surface area (Å²) in [7, 11) is 0. The van der Waals surface area contributed by atoms with E-state index in [1.165, 1.54) is 0 Å². The number of alkyl halides is 1. The Morgan fingerprint density at radius 3 is 2.89 bits per heavy atom. The van der Waals surface area contributed by atoms with Gasteiger partial charge in [0, 0.05) is 53.4 Å². The maximum absolute atomic E-state index is 15.6. The third-order valence-electron chi connectivity index (χ3n) is 7.12. The van der Waals surface area contributed by atoms with Crippen LogP contribution in [0.5, 0.6) is 0 Å². The van der Waals surface area contributed by atoms with Crippen LogP contribution >= 0.6 is 0 Å². The molecule has 4 aromatic rings. The summed E-state index contributed by atoms with van der Waals surface area (Å²) in [5.74, 6) is 5.74. The number of para-hydroxylation sites is 1. The molecule has 38 heavy (non-hydrogen) atoms. The zero-order chi connectivity index (χ0) is 26.2. The lowest BCUT2D eigenvalue weighted by Gasteiger charge is -2.18. The van der Waals surface area contributed by atoms with E-state index in [1.54, 1.807) is 48.1 Å². The number of nitrogens with zero attached hydrogens (tertiary/aromatic N) is 3. The molecule has 0 spiro atoms. The molecule has 7 nitrogen and oxygen atoms in total. The number of amides is 1. The number of pyridine rings is 1. The number of carbonyl (C=O) groups is 1. The second-order valence-corrected chi connectivity index (χ2v) is 9.87. The number of rotatable bonds is 4. The van der Waals surface area contributed by atoms with E-state index in [-0.39, 0.29) is 30.3 Å². The van der Waals surface area contributed by atoms with Crippen LogP contribution in [0.15, 0.2) is 42.7 Å². The summed E-state index contributed by atoms with van der Waals surface area (Å²) in [5, 5.41) is 3.33. The molecule has 5 heterocycles. The zero-order valence-corrected chi connectivity index (χ0v) is 20.9. The minimum absolute atomic E-state index is 0.151. The van der Waals surface area contributed by atoms with Gasteiger partial charge in [-0.2, -0.15) is 0 Å². The van der Waals surface area contributed by atoms with E-state index in [0.717, 1.165) is 12.8 Å². The lowest BCUT2D eigenvalue weighted by Crippen LogP contribution is -2.32. The average Bonchev–Trinajstić information content (AvgIpc) is 3.58. The van der Waals surface area contributed by atoms with E-state index in [9.17, 15) is 9.18 Å². The first kappa shape index (κ1) is 24.3. The predicted molar refractivity (Wildman–Crippen MR) is 138 cm³/mol. The van der Waals surface area contributed by atoms with Gasteiger partial charge in [0.2, 0.25) is 0 Å². The van der Waals surface area contributed by atoms with Crippen molar-refractivity contribution in [3.05, 3.63) is 82.6 Å². The summed E-state index contributed by atoms with van der Waals surface area (Å²) in [6.07, 6.45) is 2.41. The summed E-state index contributed by atoms with van der Waals surface area (Å²) >= 11 is 0. The standard InChI is InChI=1S/C29H27F2N5O2/c1-17-12-19(7-6-18-8-10-38-11-9-18)13-23(33-17)29(37)35-28(26-24-14-20(30)15-36(24)16-32-26)27-25(31)21-4-2-3-5-22(21)34-27/h2-5,12-13,16,18,20,28,34H,8-11,14-15H2,1H3,(H,35,37)/t20-,28?/m1/s1. The van der Waals surface area contributed by atoms with Crippen molar-refractivity contribution in [2.75, 3.05) is 13.2 Å². The summed E-state index contributed by atoms with van der Waals surface area (Å²) in [5.41, 5.74) is 3.31. The molecule has 3 aromatic heterocycles. The molecule has 0 saturated carbocycles. The number of carbonyl (C=O) groups excluding carboxylic acids is 1. The maximum atomic E-state index is 15.6. The highest BCUT2D eigenvalue weighted by Gasteiger charge is 2.33. The van der Waals surface area contributed by atoms with Crippen molar-refractivity contribution in [3.63, 3.8) is 0 Å². The Morgan fingerprint density at radius 1 is 1.26 bits per heavy atom. The number of hydrogen-bond acceptors (Lipinski definition) is 4. The highest BCUT2D eigenvalue weighted by Crippen LogP contribution is 2.33. The molecule has 0 aliphatic carbocycles. The molecule has 2 atom stereocenters. The second kappa shape index (κ2) is 10.0. The topological polar surface area (TPSA) is 84.8 Å². The molecule has 1 fully saturated rings. The van der Waals surface area contributed by atoms with Gasteiger partial charge < -0.3 is 19.6 Å². The van der Waals surface area contributed by atoms with E-state index in [0.29, 0.717) is 46.8 Å². The van der Waals surface area contributed by atoms with Crippen molar-refractivity contribution < 1.29 is 18.3 Å². The lowest BCUT2D eigenvalue weighted by molar-refractivity contribution is 0.0807. The first-order chi connectivity index (χ1) is 18.5. The highest BCUT2D eigenvalue weighted by atomic mass is 19.1. The van der Waals surface area contributed by atoms with Crippen molar-refractivity contribution in [3.8, 4) is 11.8 Å². The molecule has 1 amide bonds. The summed E-state index contributed by atoms with van der Waals surface area (Å²) in [4.78, 5) is 25.5. The van der Waals surface area contributed by atoms with Crippen LogP contribution in [-0.2, 0) is 17.7 Å². The molecule has 9 heteroatoms. The van der Waals surface area contributed by atoms with Gasteiger partial charge in [0.05, 0.1) is 24.3 Å². The summed E-state index contributed by atoms with van der Waals surface area (Å²) in [6.45, 7) is 3.39. The number of aromatic nitrogens is 4. The Labute approximate surface area is 218 Å². The third-order valence-corrected chi connectivity index (χ3v) is 7.12. The van der Waals surface area contributed by atoms with Crippen molar-refractivity contribution >= 4 is 16.8 Å². The number of aromatic amines is 1. The number of hydrogen-bond donors (Lipinski definition) is 2. The molecule has 2 N–H and O–H groups in total. The van der Waals surface area contributed by atoms with E-state index in [2.05, 4.69) is 32.1 Å². The number of imidazole rings is 1. The van der Waals surface area contributed by atoms with Gasteiger partial charge in [-0.1, -0.05) is 24.0 Å². The van der Waals surface area contributed by atoms with Gasteiger partial charge in [-0.05, 0) is 44.0 Å². The van der Waals surface area contributed by atoms with E-state index >= 15 is 4.39 Å². The minimum Gasteiger partial charge on any atom is -0.381 e. The number of H-pyrrole nitrogens is 1. The van der Waals surface area contributed by atoms with Crippen LogP contribution in [-0.4, -0.2) is 44.8 Å². The van der Waals surface area contributed by atoms with Crippen LogP contribution in [0.2, 0.25) is 0 Å². The first-order valence-corrected chi connectivity index (χ1v) is 12.8. The molecule has 1 aromatic carbocycles. The summed E-state index contributed by atoms with van der Waals surface area (Å²) < 4.78 is 37.0. The van der Waals surface area contributed by atoms with E-state index in [4.69, 9.17) is 4.74 Å². The van der Waals surface area contributed by atoms with E-state index in [1.807, 2.05) is 6.07 Å². The number of benzene rings is 1.